The largest absolute Gasteiger partial charge is 0.407 e. The van der Waals surface area contributed by atoms with Crippen LogP contribution >= 0.6 is 0 Å². The van der Waals surface area contributed by atoms with E-state index in [9.17, 15) is 19.2 Å². The first-order chi connectivity index (χ1) is 9.42. The second kappa shape index (κ2) is 6.00. The van der Waals surface area contributed by atoms with Gasteiger partial charge in [0.1, 0.15) is 0 Å². The molecule has 4 N–H and O–H groups in total. The fraction of sp³-hybridized carbons (Fsp3) is 0.143. The van der Waals surface area contributed by atoms with Gasteiger partial charge in [-0.1, -0.05) is 60.7 Å². The summed E-state index contributed by atoms with van der Waals surface area (Å²) in [5.41, 5.74) is 0. The molecule has 4 nitrogen and oxygen atoms in total. The molecule has 0 heterocycles. The highest BCUT2D eigenvalue weighted by Gasteiger charge is 2.39. The highest BCUT2D eigenvalue weighted by Crippen LogP contribution is 2.13. The summed E-state index contributed by atoms with van der Waals surface area (Å²) in [4.78, 5) is 40.8. The van der Waals surface area contributed by atoms with E-state index in [0.29, 0.717) is 10.4 Å². The number of hydrogen-bond acceptors (Lipinski definition) is 4. The Hall–Kier alpha value is -1.29. The summed E-state index contributed by atoms with van der Waals surface area (Å²) in [7, 11) is -7.21. The Kier molecular flexibility index (Phi) is 4.53. The summed E-state index contributed by atoms with van der Waals surface area (Å²) < 4.78 is 0. The molecular formula is C14H18O4Si2. The third-order valence-electron chi connectivity index (χ3n) is 3.29. The predicted octanol–water partition coefficient (Wildman–Crippen LogP) is -0.346. The molecule has 0 aliphatic heterocycles. The molecule has 0 aromatic heterocycles. The van der Waals surface area contributed by atoms with Crippen LogP contribution < -0.4 is 10.4 Å². The topological polar surface area (TPSA) is 80.9 Å². The van der Waals surface area contributed by atoms with Crippen LogP contribution in [0.25, 0.3) is 0 Å². The van der Waals surface area contributed by atoms with Gasteiger partial charge >= 0.3 is 17.1 Å². The Morgan fingerprint density at radius 2 is 0.850 bits per heavy atom. The predicted molar refractivity (Wildman–Crippen MR) is 82.1 cm³/mol. The van der Waals surface area contributed by atoms with Crippen LogP contribution in [0.15, 0.2) is 60.7 Å². The molecule has 2 aromatic carbocycles. The van der Waals surface area contributed by atoms with Crippen molar-refractivity contribution in [3.63, 3.8) is 0 Å². The molecule has 0 amide bonds. The second-order valence-corrected chi connectivity index (χ2v) is 10.3. The van der Waals surface area contributed by atoms with Crippen LogP contribution in [0.3, 0.4) is 0 Å². The van der Waals surface area contributed by atoms with Gasteiger partial charge in [0, 0.05) is 0 Å². The van der Waals surface area contributed by atoms with Gasteiger partial charge in [-0.2, -0.15) is 0 Å². The van der Waals surface area contributed by atoms with Gasteiger partial charge in [-0.3, -0.25) is 0 Å². The van der Waals surface area contributed by atoms with Crippen molar-refractivity contribution in [2.24, 2.45) is 0 Å². The van der Waals surface area contributed by atoms with Crippen molar-refractivity contribution in [3.8, 4) is 0 Å². The van der Waals surface area contributed by atoms with Crippen molar-refractivity contribution in [2.45, 2.75) is 12.1 Å². The van der Waals surface area contributed by atoms with Gasteiger partial charge in [-0.15, -0.1) is 0 Å². The molecule has 0 bridgehead atoms. The van der Waals surface area contributed by atoms with Crippen LogP contribution in [0.2, 0.25) is 12.1 Å². The number of benzene rings is 2. The van der Waals surface area contributed by atoms with E-state index < -0.39 is 17.1 Å². The Bertz CT molecular complexity index is 492. The summed E-state index contributed by atoms with van der Waals surface area (Å²) in [6, 6.07) is 17.2. The fourth-order valence-electron chi connectivity index (χ4n) is 2.05. The van der Waals surface area contributed by atoms with Gasteiger partial charge in [0.2, 0.25) is 0 Å². The van der Waals surface area contributed by atoms with Crippen molar-refractivity contribution < 1.29 is 19.2 Å². The number of hydrogen-bond donors (Lipinski definition) is 4. The van der Waals surface area contributed by atoms with Gasteiger partial charge in [0.15, 0.2) is 0 Å². The van der Waals surface area contributed by atoms with E-state index in [0.717, 1.165) is 0 Å². The average molecular weight is 306 g/mol. The van der Waals surface area contributed by atoms with E-state index in [-0.39, 0.29) is 12.1 Å². The van der Waals surface area contributed by atoms with E-state index >= 15 is 0 Å². The molecule has 0 radical (unpaired) electrons. The molecule has 0 spiro atoms. The molecule has 2 aromatic rings. The van der Waals surface area contributed by atoms with Crippen molar-refractivity contribution in [1.29, 1.82) is 0 Å². The van der Waals surface area contributed by atoms with Gasteiger partial charge in [-0.05, 0) is 22.5 Å². The molecule has 6 heteroatoms. The van der Waals surface area contributed by atoms with Gasteiger partial charge in [0.05, 0.1) is 0 Å². The normalized spacial score (nSPS) is 12.4. The first kappa shape index (κ1) is 15.1. The Labute approximate surface area is 120 Å². The zero-order valence-corrected chi connectivity index (χ0v) is 13.0. The van der Waals surface area contributed by atoms with Crippen molar-refractivity contribution in [1.82, 2.24) is 0 Å². The van der Waals surface area contributed by atoms with E-state index in [4.69, 9.17) is 0 Å². The molecule has 20 heavy (non-hydrogen) atoms. The minimum absolute atomic E-state index is 0.00509. The smallest absolute Gasteiger partial charge is 0.367 e. The first-order valence-electron chi connectivity index (χ1n) is 6.42. The lowest BCUT2D eigenvalue weighted by atomic mass is 10.4. The maximum absolute atomic E-state index is 10.2. The fourth-order valence-corrected chi connectivity index (χ4v) is 6.87. The van der Waals surface area contributed by atoms with E-state index in [1.165, 1.54) is 0 Å². The molecular weight excluding hydrogens is 288 g/mol. The van der Waals surface area contributed by atoms with Crippen molar-refractivity contribution in [3.05, 3.63) is 60.7 Å². The molecule has 0 saturated heterocycles. The lowest BCUT2D eigenvalue weighted by Crippen LogP contribution is -2.54. The molecule has 0 atom stereocenters. The third-order valence-corrected chi connectivity index (χ3v) is 8.20. The zero-order valence-electron chi connectivity index (χ0n) is 11.0. The minimum atomic E-state index is -3.61. The van der Waals surface area contributed by atoms with Crippen LogP contribution in [-0.4, -0.2) is 36.3 Å². The maximum Gasteiger partial charge on any atom is 0.367 e. The number of rotatable bonds is 5. The Morgan fingerprint density at radius 1 is 0.550 bits per heavy atom. The standard InChI is InChI=1S/C14H18O4Si2/c15-19(16,13-7-3-1-4-8-13)11-12-20(17,18)14-9-5-2-6-10-14/h1-10,15-18H,11-12H2. The quantitative estimate of drug-likeness (QED) is 0.570. The van der Waals surface area contributed by atoms with Crippen LogP contribution in [0.5, 0.6) is 0 Å². The highest BCUT2D eigenvalue weighted by molar-refractivity contribution is 6.83. The molecule has 0 fully saturated rings. The summed E-state index contributed by atoms with van der Waals surface area (Å²) in [6.07, 6.45) is 0. The zero-order chi connectivity index (χ0) is 14.6. The van der Waals surface area contributed by atoms with Crippen LogP contribution in [-0.2, 0) is 0 Å². The summed E-state index contributed by atoms with van der Waals surface area (Å²) in [6.45, 7) is 0. The monoisotopic (exact) mass is 306 g/mol. The summed E-state index contributed by atoms with van der Waals surface area (Å²) >= 11 is 0. The third kappa shape index (κ3) is 3.63. The van der Waals surface area contributed by atoms with E-state index in [2.05, 4.69) is 0 Å². The first-order valence-corrected chi connectivity index (χ1v) is 10.6. The van der Waals surface area contributed by atoms with Crippen LogP contribution in [0, 0.1) is 0 Å². The second-order valence-electron chi connectivity index (χ2n) is 4.87. The summed E-state index contributed by atoms with van der Waals surface area (Å²) in [5, 5.41) is 0.968. The van der Waals surface area contributed by atoms with Gasteiger partial charge in [-0.25, -0.2) is 0 Å². The SMILES string of the molecule is O[Si](O)(CC[Si](O)(O)c1ccccc1)c1ccccc1. The van der Waals surface area contributed by atoms with Crippen LogP contribution in [0.4, 0.5) is 0 Å². The molecule has 2 rings (SSSR count). The Morgan fingerprint density at radius 3 is 1.15 bits per heavy atom. The average Bonchev–Trinajstić information content (AvgIpc) is 2.47. The highest BCUT2D eigenvalue weighted by atomic mass is 28.4. The molecule has 0 aliphatic carbocycles. The lowest BCUT2D eigenvalue weighted by molar-refractivity contribution is 0.362. The van der Waals surface area contributed by atoms with Crippen molar-refractivity contribution >= 4 is 27.5 Å². The Balaban J connectivity index is 2.08. The molecule has 0 unspecified atom stereocenters. The molecule has 0 aliphatic rings. The van der Waals surface area contributed by atoms with Crippen molar-refractivity contribution in [2.75, 3.05) is 0 Å². The molecule has 106 valence electrons. The van der Waals surface area contributed by atoms with Gasteiger partial charge < -0.3 is 19.2 Å². The maximum atomic E-state index is 10.2. The van der Waals surface area contributed by atoms with E-state index in [1.54, 1.807) is 60.7 Å². The lowest BCUT2D eigenvalue weighted by Gasteiger charge is -2.23. The van der Waals surface area contributed by atoms with Gasteiger partial charge in [0.25, 0.3) is 0 Å². The minimum Gasteiger partial charge on any atom is -0.407 e. The van der Waals surface area contributed by atoms with E-state index in [1.807, 2.05) is 0 Å². The summed E-state index contributed by atoms with van der Waals surface area (Å²) in [5.74, 6) is 0. The molecule has 0 saturated carbocycles. The van der Waals surface area contributed by atoms with Crippen LogP contribution in [0.1, 0.15) is 0 Å².